The average molecular weight is 408 g/mol. The molecule has 1 atom stereocenters. The molecule has 6 nitrogen and oxygen atoms in total. The molecule has 3 aromatic rings. The van der Waals surface area contributed by atoms with Crippen LogP contribution in [0.3, 0.4) is 0 Å². The highest BCUT2D eigenvalue weighted by molar-refractivity contribution is 5.94. The minimum absolute atomic E-state index is 0.0113. The van der Waals surface area contributed by atoms with Crippen molar-refractivity contribution in [1.29, 1.82) is 0 Å². The molecule has 1 saturated heterocycles. The number of nitrogens with zero attached hydrogens (tertiary/aromatic N) is 3. The van der Waals surface area contributed by atoms with Gasteiger partial charge in [0.15, 0.2) is 0 Å². The predicted molar refractivity (Wildman–Crippen MR) is 112 cm³/mol. The number of aromatic nitrogens is 2. The van der Waals surface area contributed by atoms with Crippen molar-refractivity contribution in [3.05, 3.63) is 77.4 Å². The molecule has 0 bridgehead atoms. The first-order chi connectivity index (χ1) is 14.7. The summed E-state index contributed by atoms with van der Waals surface area (Å²) in [7, 11) is 0. The van der Waals surface area contributed by atoms with Crippen LogP contribution < -0.4 is 10.2 Å². The van der Waals surface area contributed by atoms with Gasteiger partial charge >= 0.3 is 6.01 Å². The summed E-state index contributed by atoms with van der Waals surface area (Å²) in [5, 5.41) is 11.3. The molecule has 4 rings (SSSR count). The molecule has 1 aliphatic heterocycles. The van der Waals surface area contributed by atoms with Crippen LogP contribution in [0.1, 0.15) is 53.5 Å². The van der Waals surface area contributed by atoms with Crippen LogP contribution in [0.2, 0.25) is 0 Å². The third-order valence-corrected chi connectivity index (χ3v) is 5.31. The Morgan fingerprint density at radius 1 is 1.00 bits per heavy atom. The van der Waals surface area contributed by atoms with Gasteiger partial charge in [-0.15, -0.1) is 5.10 Å². The summed E-state index contributed by atoms with van der Waals surface area (Å²) in [6.45, 7) is 1.76. The molecule has 2 heterocycles. The molecule has 0 saturated carbocycles. The van der Waals surface area contributed by atoms with Crippen LogP contribution >= 0.6 is 0 Å². The van der Waals surface area contributed by atoms with Crippen LogP contribution in [0, 0.1) is 5.82 Å². The van der Waals surface area contributed by atoms with Gasteiger partial charge in [-0.3, -0.25) is 4.79 Å². The zero-order valence-electron chi connectivity index (χ0n) is 16.8. The van der Waals surface area contributed by atoms with Crippen molar-refractivity contribution in [3.63, 3.8) is 0 Å². The third kappa shape index (κ3) is 4.84. The van der Waals surface area contributed by atoms with E-state index in [4.69, 9.17) is 4.42 Å². The largest absolute Gasteiger partial charge is 0.406 e. The lowest BCUT2D eigenvalue weighted by Crippen LogP contribution is -2.31. The molecule has 0 aliphatic carbocycles. The van der Waals surface area contributed by atoms with Gasteiger partial charge in [-0.25, -0.2) is 4.39 Å². The summed E-state index contributed by atoms with van der Waals surface area (Å²) in [5.74, 6) is -0.754. The smallest absolute Gasteiger partial charge is 0.318 e. The Bertz CT molecular complexity index is 968. The van der Waals surface area contributed by atoms with Gasteiger partial charge in [0.25, 0.3) is 5.91 Å². The van der Waals surface area contributed by atoms with Gasteiger partial charge in [-0.2, -0.15) is 0 Å². The molecular weight excluding hydrogens is 383 g/mol. The van der Waals surface area contributed by atoms with Crippen molar-refractivity contribution in [3.8, 4) is 0 Å². The van der Waals surface area contributed by atoms with E-state index in [2.05, 4.69) is 20.4 Å². The quantitative estimate of drug-likeness (QED) is 0.658. The zero-order valence-corrected chi connectivity index (χ0v) is 16.8. The lowest BCUT2D eigenvalue weighted by molar-refractivity contribution is 0.0926. The Morgan fingerprint density at radius 2 is 1.70 bits per heavy atom. The van der Waals surface area contributed by atoms with E-state index in [0.717, 1.165) is 31.5 Å². The van der Waals surface area contributed by atoms with Gasteiger partial charge in [0.1, 0.15) is 11.9 Å². The van der Waals surface area contributed by atoms with Crippen LogP contribution in [0.25, 0.3) is 0 Å². The van der Waals surface area contributed by atoms with Crippen LogP contribution in [0.4, 0.5) is 10.4 Å². The number of halogens is 1. The number of rotatable bonds is 6. The van der Waals surface area contributed by atoms with Crippen LogP contribution in [0.5, 0.6) is 0 Å². The third-order valence-electron chi connectivity index (χ3n) is 5.31. The number of nitrogens with one attached hydrogen (secondary N) is 1. The fourth-order valence-corrected chi connectivity index (χ4v) is 3.69. The second-order valence-electron chi connectivity index (χ2n) is 7.52. The molecule has 1 aromatic heterocycles. The van der Waals surface area contributed by atoms with E-state index in [1.54, 1.807) is 12.1 Å². The second-order valence-corrected chi connectivity index (χ2v) is 7.52. The lowest BCUT2D eigenvalue weighted by Gasteiger charge is -2.18. The first-order valence-electron chi connectivity index (χ1n) is 10.4. The molecule has 1 aliphatic rings. The fourth-order valence-electron chi connectivity index (χ4n) is 3.69. The number of carbonyl (C=O) groups excluding carboxylic acids is 1. The maximum atomic E-state index is 14.1. The van der Waals surface area contributed by atoms with Gasteiger partial charge < -0.3 is 14.6 Å². The summed E-state index contributed by atoms with van der Waals surface area (Å²) < 4.78 is 20.1. The predicted octanol–water partition coefficient (Wildman–Crippen LogP) is 4.30. The van der Waals surface area contributed by atoms with Crippen LogP contribution in [-0.2, 0) is 6.42 Å². The van der Waals surface area contributed by atoms with Gasteiger partial charge in [-0.05, 0) is 30.5 Å². The van der Waals surface area contributed by atoms with Gasteiger partial charge in [0.05, 0.1) is 5.56 Å². The fraction of sp³-hybridized carbons (Fsp3) is 0.348. The minimum atomic E-state index is -0.566. The molecule has 1 amide bonds. The van der Waals surface area contributed by atoms with E-state index in [1.165, 1.54) is 25.0 Å². The molecule has 1 unspecified atom stereocenters. The molecule has 1 fully saturated rings. The first kappa shape index (κ1) is 20.1. The summed E-state index contributed by atoms with van der Waals surface area (Å²) in [6.07, 6.45) is 5.05. The van der Waals surface area contributed by atoms with E-state index in [0.29, 0.717) is 18.3 Å². The molecule has 30 heavy (non-hydrogen) atoms. The number of amides is 1. The number of hydrogen-bond acceptors (Lipinski definition) is 5. The summed E-state index contributed by atoms with van der Waals surface area (Å²) in [4.78, 5) is 14.8. The van der Waals surface area contributed by atoms with E-state index in [-0.39, 0.29) is 5.56 Å². The van der Waals surface area contributed by atoms with Crippen molar-refractivity contribution in [2.24, 2.45) is 0 Å². The summed E-state index contributed by atoms with van der Waals surface area (Å²) >= 11 is 0. The second kappa shape index (κ2) is 9.52. The number of hydrogen-bond donors (Lipinski definition) is 1. The van der Waals surface area contributed by atoms with E-state index in [9.17, 15) is 9.18 Å². The maximum absolute atomic E-state index is 14.1. The highest BCUT2D eigenvalue weighted by atomic mass is 19.1. The van der Waals surface area contributed by atoms with Crippen molar-refractivity contribution in [2.45, 2.75) is 38.1 Å². The van der Waals surface area contributed by atoms with Crippen molar-refractivity contribution in [2.75, 3.05) is 18.0 Å². The Kier molecular flexibility index (Phi) is 6.37. The lowest BCUT2D eigenvalue weighted by atomic mass is 10.1. The van der Waals surface area contributed by atoms with Gasteiger partial charge in [0.2, 0.25) is 5.89 Å². The molecule has 156 valence electrons. The average Bonchev–Trinajstić information content (AvgIpc) is 3.10. The highest BCUT2D eigenvalue weighted by Crippen LogP contribution is 2.24. The molecule has 1 N–H and O–H groups in total. The summed E-state index contributed by atoms with van der Waals surface area (Å²) in [6, 6.07) is 15.6. The van der Waals surface area contributed by atoms with E-state index >= 15 is 0 Å². The maximum Gasteiger partial charge on any atom is 0.318 e. The molecule has 0 radical (unpaired) electrons. The minimum Gasteiger partial charge on any atom is -0.406 e. The van der Waals surface area contributed by atoms with Crippen LogP contribution in [-0.4, -0.2) is 29.2 Å². The Balaban J connectivity index is 1.57. The highest BCUT2D eigenvalue weighted by Gasteiger charge is 2.25. The van der Waals surface area contributed by atoms with E-state index in [1.807, 2.05) is 30.3 Å². The van der Waals surface area contributed by atoms with Crippen molar-refractivity contribution < 1.29 is 13.6 Å². The normalized spacial score (nSPS) is 15.4. The van der Waals surface area contributed by atoms with Gasteiger partial charge in [0, 0.05) is 19.5 Å². The molecular formula is C23H25FN4O2. The van der Waals surface area contributed by atoms with E-state index < -0.39 is 17.8 Å². The number of carbonyl (C=O) groups is 1. The molecule has 2 aromatic carbocycles. The zero-order chi connectivity index (χ0) is 20.8. The Hall–Kier alpha value is -3.22. The Morgan fingerprint density at radius 3 is 2.43 bits per heavy atom. The Labute approximate surface area is 175 Å². The van der Waals surface area contributed by atoms with Crippen molar-refractivity contribution in [1.82, 2.24) is 15.5 Å². The topological polar surface area (TPSA) is 71.3 Å². The summed E-state index contributed by atoms with van der Waals surface area (Å²) in [5.41, 5.74) is 0.994. The van der Waals surface area contributed by atoms with Gasteiger partial charge in [-0.1, -0.05) is 60.4 Å². The number of benzene rings is 2. The van der Waals surface area contributed by atoms with Crippen LogP contribution in [0.15, 0.2) is 59.0 Å². The standard InChI is InChI=1S/C23H25FN4O2/c24-19-13-7-6-12-18(19)21(29)25-20(16-17-10-4-3-5-11-17)22-26-27-23(30-22)28-14-8-1-2-9-15-28/h3-7,10-13,20H,1-2,8-9,14-16H2,(H,25,29). The SMILES string of the molecule is O=C(NC(Cc1ccccc1)c1nnc(N2CCCCCC2)o1)c1ccccc1F. The monoisotopic (exact) mass is 408 g/mol. The number of anilines is 1. The molecule has 7 heteroatoms. The van der Waals surface area contributed by atoms with Crippen molar-refractivity contribution >= 4 is 11.9 Å². The molecule has 0 spiro atoms. The first-order valence-corrected chi connectivity index (χ1v) is 10.4.